The van der Waals surface area contributed by atoms with E-state index < -0.39 is 0 Å². The van der Waals surface area contributed by atoms with Crippen LogP contribution in [-0.4, -0.2) is 29.3 Å². The first-order valence-electron chi connectivity index (χ1n) is 18.4. The van der Waals surface area contributed by atoms with Gasteiger partial charge in [-0.05, 0) is 87.1 Å². The van der Waals surface area contributed by atoms with Crippen LogP contribution in [0.3, 0.4) is 0 Å². The molecule has 0 saturated carbocycles. The zero-order valence-corrected chi connectivity index (χ0v) is 30.1. The van der Waals surface area contributed by atoms with Crippen molar-refractivity contribution in [3.63, 3.8) is 0 Å². The minimum Gasteiger partial charge on any atom is -0.309 e. The Balaban J connectivity index is 1.18. The molecule has 0 amide bonds. The van der Waals surface area contributed by atoms with Gasteiger partial charge in [0.05, 0.1) is 51.2 Å². The maximum Gasteiger partial charge on any atom is 0.160 e. The maximum absolute atomic E-state index is 5.15. The minimum absolute atomic E-state index is 0.0682. The monoisotopic (exact) mass is 694 g/mol. The largest absolute Gasteiger partial charge is 0.309 e. The lowest BCUT2D eigenvalue weighted by Crippen LogP contribution is -2.13. The molecule has 0 fully saturated rings. The van der Waals surface area contributed by atoms with Gasteiger partial charge in [0, 0.05) is 32.8 Å². The number of hydrogen-bond donors (Lipinski definition) is 0. The molecule has 54 heavy (non-hydrogen) atoms. The summed E-state index contributed by atoms with van der Waals surface area (Å²) in [7, 11) is 0. The number of benzene rings is 7. The third kappa shape index (κ3) is 4.66. The normalized spacial score (nSPS) is 12.4. The third-order valence-electron chi connectivity index (χ3n) is 11.0. The summed E-state index contributed by atoms with van der Waals surface area (Å²) in [6, 6.07) is 50.1. The molecule has 11 aromatic rings. The van der Waals surface area contributed by atoms with Gasteiger partial charge in [0.2, 0.25) is 0 Å². The lowest BCUT2D eigenvalue weighted by Gasteiger charge is -2.19. The molecule has 6 heteroatoms. The van der Waals surface area contributed by atoms with Crippen LogP contribution < -0.4 is 0 Å². The van der Waals surface area contributed by atoms with E-state index in [0.717, 1.165) is 72.2 Å². The van der Waals surface area contributed by atoms with E-state index in [2.05, 4.69) is 175 Å². The summed E-state index contributed by atoms with van der Waals surface area (Å²) in [4.78, 5) is 10.0. The van der Waals surface area contributed by atoms with Crippen molar-refractivity contribution in [3.05, 3.63) is 157 Å². The van der Waals surface area contributed by atoms with Gasteiger partial charge in [0.1, 0.15) is 0 Å². The second-order valence-electron chi connectivity index (χ2n) is 15.3. The molecule has 0 aliphatic rings. The molecule has 256 valence electrons. The van der Waals surface area contributed by atoms with Crippen molar-refractivity contribution in [3.8, 4) is 22.8 Å². The molecule has 0 atom stereocenters. The molecule has 0 bridgehead atoms. The summed E-state index contributed by atoms with van der Waals surface area (Å²) < 4.78 is 4.67. The van der Waals surface area contributed by atoms with Crippen molar-refractivity contribution in [1.82, 2.24) is 29.3 Å². The highest BCUT2D eigenvalue weighted by Gasteiger charge is 2.21. The average Bonchev–Trinajstić information content (AvgIpc) is 3.70. The van der Waals surface area contributed by atoms with Crippen LogP contribution in [0.15, 0.2) is 152 Å². The number of nitrogens with zero attached hydrogens (tertiary/aromatic N) is 6. The first-order chi connectivity index (χ1) is 26.4. The van der Waals surface area contributed by atoms with Crippen molar-refractivity contribution in [1.29, 1.82) is 0 Å². The molecule has 0 aliphatic carbocycles. The molecule has 4 heterocycles. The summed E-state index contributed by atoms with van der Waals surface area (Å²) in [6.07, 6.45) is 3.78. The Morgan fingerprint density at radius 3 is 1.91 bits per heavy atom. The molecule has 0 aliphatic heterocycles. The Kier molecular flexibility index (Phi) is 6.41. The first kappa shape index (κ1) is 30.7. The molecule has 0 radical (unpaired) electrons. The van der Waals surface area contributed by atoms with Crippen LogP contribution in [-0.2, 0) is 5.41 Å². The lowest BCUT2D eigenvalue weighted by molar-refractivity contribution is 0.584. The molecule has 0 N–H and O–H groups in total. The van der Waals surface area contributed by atoms with Crippen LogP contribution in [0.4, 0.5) is 0 Å². The second-order valence-corrected chi connectivity index (χ2v) is 15.3. The van der Waals surface area contributed by atoms with Gasteiger partial charge in [-0.15, -0.1) is 5.10 Å². The van der Waals surface area contributed by atoms with E-state index in [1.54, 1.807) is 0 Å². The summed E-state index contributed by atoms with van der Waals surface area (Å²) in [6.45, 7) is 6.64. The maximum atomic E-state index is 5.15. The van der Waals surface area contributed by atoms with Gasteiger partial charge in [0.15, 0.2) is 5.82 Å². The highest BCUT2D eigenvalue weighted by molar-refractivity contribution is 6.15. The van der Waals surface area contributed by atoms with Crippen LogP contribution in [0.1, 0.15) is 26.3 Å². The van der Waals surface area contributed by atoms with Crippen LogP contribution in [0, 0.1) is 0 Å². The zero-order chi connectivity index (χ0) is 36.1. The van der Waals surface area contributed by atoms with Crippen molar-refractivity contribution in [2.45, 2.75) is 26.2 Å². The molecular formula is C48H34N6. The van der Waals surface area contributed by atoms with Gasteiger partial charge < -0.3 is 4.57 Å². The van der Waals surface area contributed by atoms with Crippen molar-refractivity contribution >= 4 is 76.2 Å². The zero-order valence-electron chi connectivity index (χ0n) is 30.1. The predicted molar refractivity (Wildman–Crippen MR) is 223 cm³/mol. The Labute approximate surface area is 311 Å². The van der Waals surface area contributed by atoms with E-state index in [9.17, 15) is 0 Å². The third-order valence-corrected chi connectivity index (χ3v) is 11.0. The van der Waals surface area contributed by atoms with Gasteiger partial charge in [-0.2, -0.15) is 5.10 Å². The first-order valence-corrected chi connectivity index (χ1v) is 18.4. The molecule has 6 nitrogen and oxygen atoms in total. The molecule has 7 aromatic carbocycles. The summed E-state index contributed by atoms with van der Waals surface area (Å²) in [5, 5.41) is 18.7. The van der Waals surface area contributed by atoms with E-state index in [4.69, 9.17) is 15.1 Å². The van der Waals surface area contributed by atoms with Crippen LogP contribution in [0.25, 0.3) is 99.0 Å². The Bertz CT molecular complexity index is 3330. The molecular weight excluding hydrogens is 661 g/mol. The second kappa shape index (κ2) is 11.3. The fourth-order valence-corrected chi connectivity index (χ4v) is 8.20. The van der Waals surface area contributed by atoms with Crippen LogP contribution in [0.2, 0.25) is 0 Å². The van der Waals surface area contributed by atoms with E-state index in [-0.39, 0.29) is 5.41 Å². The fraction of sp³-hybridized carbons (Fsp3) is 0.0833. The van der Waals surface area contributed by atoms with Crippen molar-refractivity contribution in [2.75, 3.05) is 0 Å². The SMILES string of the molecule is CC(C)(C)c1cnnc(-n2c3ccccc3c3ccc(-n4c5cc(-c6cnc7cc8ccccc8cc7n6)ccc5c5cc6ccccc6cc54)cc32)c1. The van der Waals surface area contributed by atoms with E-state index in [1.165, 1.54) is 32.3 Å². The number of rotatable bonds is 3. The molecule has 0 saturated heterocycles. The van der Waals surface area contributed by atoms with E-state index in [0.29, 0.717) is 0 Å². The molecule has 4 aromatic heterocycles. The number of fused-ring (bicyclic) bond motifs is 9. The number of aromatic nitrogens is 6. The standard InChI is InChI=1S/C48H34N6/c1-48(2,3)34-25-47(52-50-27-34)54-43-15-9-8-14-36(43)37-19-17-35(26-46(37)54)53-44-24-33(16-18-38(44)39-20-29-10-4-7-13-32(29)23-45(39)53)42-28-49-40-21-30-11-5-6-12-31(30)22-41(40)51-42/h4-28H,1-3H3. The van der Waals surface area contributed by atoms with E-state index in [1.807, 2.05) is 12.4 Å². The predicted octanol–water partition coefficient (Wildman–Crippen LogP) is 11.9. The van der Waals surface area contributed by atoms with E-state index >= 15 is 0 Å². The summed E-state index contributed by atoms with van der Waals surface area (Å²) >= 11 is 0. The van der Waals surface area contributed by atoms with Crippen molar-refractivity contribution < 1.29 is 0 Å². The molecule has 0 spiro atoms. The smallest absolute Gasteiger partial charge is 0.160 e. The quantitative estimate of drug-likeness (QED) is 0.173. The Morgan fingerprint density at radius 1 is 0.481 bits per heavy atom. The van der Waals surface area contributed by atoms with Gasteiger partial charge in [-0.3, -0.25) is 9.55 Å². The Hall–Kier alpha value is -6.92. The minimum atomic E-state index is -0.0682. The molecule has 0 unspecified atom stereocenters. The molecule has 11 rings (SSSR count). The lowest BCUT2D eigenvalue weighted by atomic mass is 9.88. The van der Waals surface area contributed by atoms with Gasteiger partial charge in [0.25, 0.3) is 0 Å². The van der Waals surface area contributed by atoms with Crippen LogP contribution in [0.5, 0.6) is 0 Å². The summed E-state index contributed by atoms with van der Waals surface area (Å²) in [5.41, 5.74) is 10.2. The highest BCUT2D eigenvalue weighted by Crippen LogP contribution is 2.39. The Morgan fingerprint density at radius 2 is 1.11 bits per heavy atom. The highest BCUT2D eigenvalue weighted by atomic mass is 15.2. The van der Waals surface area contributed by atoms with Gasteiger partial charge in [-0.25, -0.2) is 4.98 Å². The topological polar surface area (TPSA) is 61.4 Å². The van der Waals surface area contributed by atoms with Gasteiger partial charge >= 0.3 is 0 Å². The van der Waals surface area contributed by atoms with Crippen molar-refractivity contribution in [2.24, 2.45) is 0 Å². The average molecular weight is 695 g/mol. The van der Waals surface area contributed by atoms with Gasteiger partial charge in [-0.1, -0.05) is 106 Å². The fourth-order valence-electron chi connectivity index (χ4n) is 8.20. The number of hydrogen-bond acceptors (Lipinski definition) is 4. The number of para-hydroxylation sites is 1. The summed E-state index contributed by atoms with van der Waals surface area (Å²) in [5.74, 6) is 0.809. The van der Waals surface area contributed by atoms with Crippen LogP contribution >= 0.6 is 0 Å².